The first-order valence-electron chi connectivity index (χ1n) is 7.29. The fourth-order valence-electron chi connectivity index (χ4n) is 2.14. The van der Waals surface area contributed by atoms with Gasteiger partial charge in [0.05, 0.1) is 13.2 Å². The molecule has 0 aromatic rings. The van der Waals surface area contributed by atoms with E-state index in [-0.39, 0.29) is 18.6 Å². The minimum atomic E-state index is -0.782. The van der Waals surface area contributed by atoms with Crippen molar-refractivity contribution < 1.29 is 19.1 Å². The molecule has 1 aliphatic rings. The van der Waals surface area contributed by atoms with Gasteiger partial charge in [-0.15, -0.1) is 0 Å². The van der Waals surface area contributed by atoms with Crippen LogP contribution < -0.4 is 11.5 Å². The maximum absolute atomic E-state index is 12.0. The third-order valence-corrected chi connectivity index (χ3v) is 3.19. The number of carbonyl (C=O) groups excluding carboxylic acids is 2. The average molecular weight is 301 g/mol. The molecule has 1 aliphatic heterocycles. The van der Waals surface area contributed by atoms with Crippen LogP contribution in [0.1, 0.15) is 33.6 Å². The first-order chi connectivity index (χ1) is 9.69. The third kappa shape index (κ3) is 6.77. The fraction of sp³-hybridized carbons (Fsp3) is 0.857. The number of rotatable bonds is 5. The molecule has 0 aliphatic carbocycles. The molecule has 2 amide bonds. The highest BCUT2D eigenvalue weighted by molar-refractivity contribution is 5.79. The van der Waals surface area contributed by atoms with Gasteiger partial charge in [-0.3, -0.25) is 4.79 Å². The topological polar surface area (TPSA) is 108 Å². The Morgan fingerprint density at radius 1 is 1.38 bits per heavy atom. The van der Waals surface area contributed by atoms with Crippen molar-refractivity contribution in [2.75, 3.05) is 26.3 Å². The van der Waals surface area contributed by atoms with E-state index in [1.807, 2.05) is 20.8 Å². The van der Waals surface area contributed by atoms with Gasteiger partial charge in [-0.2, -0.15) is 0 Å². The van der Waals surface area contributed by atoms with Crippen molar-refractivity contribution in [1.29, 1.82) is 0 Å². The summed E-state index contributed by atoms with van der Waals surface area (Å²) in [5, 5.41) is 0. The lowest BCUT2D eigenvalue weighted by Gasteiger charge is -2.34. The van der Waals surface area contributed by atoms with E-state index in [0.717, 1.165) is 12.8 Å². The number of piperidine rings is 1. The zero-order chi connectivity index (χ0) is 16.0. The van der Waals surface area contributed by atoms with E-state index in [4.69, 9.17) is 20.9 Å². The molecule has 0 radical (unpaired) electrons. The van der Waals surface area contributed by atoms with Gasteiger partial charge < -0.3 is 25.8 Å². The summed E-state index contributed by atoms with van der Waals surface area (Å²) in [6.45, 7) is 7.41. The maximum atomic E-state index is 12.0. The number of hydrogen-bond acceptors (Lipinski definition) is 5. The van der Waals surface area contributed by atoms with E-state index in [0.29, 0.717) is 19.7 Å². The number of ether oxygens (including phenoxy) is 2. The lowest BCUT2D eigenvalue weighted by Crippen LogP contribution is -2.44. The lowest BCUT2D eigenvalue weighted by molar-refractivity contribution is -0.120. The monoisotopic (exact) mass is 301 g/mol. The summed E-state index contributed by atoms with van der Waals surface area (Å²) >= 11 is 0. The number of likely N-dealkylation sites (tertiary alicyclic amines) is 1. The van der Waals surface area contributed by atoms with Gasteiger partial charge in [0.2, 0.25) is 5.91 Å². The zero-order valence-corrected chi connectivity index (χ0v) is 13.1. The predicted octanol–water partition coefficient (Wildman–Crippen LogP) is 0.463. The van der Waals surface area contributed by atoms with Gasteiger partial charge in [0.1, 0.15) is 11.6 Å². The van der Waals surface area contributed by atoms with Crippen LogP contribution in [0.3, 0.4) is 0 Å². The molecule has 7 nitrogen and oxygen atoms in total. The summed E-state index contributed by atoms with van der Waals surface area (Å²) in [7, 11) is 0. The molecule has 21 heavy (non-hydrogen) atoms. The summed E-state index contributed by atoms with van der Waals surface area (Å²) < 4.78 is 10.8. The summed E-state index contributed by atoms with van der Waals surface area (Å²) in [5.41, 5.74) is 10.1. The number of nitrogens with zero attached hydrogens (tertiary/aromatic N) is 1. The molecule has 0 saturated carbocycles. The van der Waals surface area contributed by atoms with Crippen molar-refractivity contribution in [3.8, 4) is 0 Å². The number of primary amides is 1. The Kier molecular flexibility index (Phi) is 6.42. The van der Waals surface area contributed by atoms with Crippen molar-refractivity contribution >= 4 is 12.0 Å². The Morgan fingerprint density at radius 3 is 2.62 bits per heavy atom. The Balaban J connectivity index is 2.35. The first kappa shape index (κ1) is 17.7. The molecule has 1 saturated heterocycles. The summed E-state index contributed by atoms with van der Waals surface area (Å²) in [4.78, 5) is 24.5. The first-order valence-corrected chi connectivity index (χ1v) is 7.29. The Bertz CT molecular complexity index is 368. The van der Waals surface area contributed by atoms with Gasteiger partial charge in [-0.25, -0.2) is 4.79 Å². The van der Waals surface area contributed by atoms with Crippen LogP contribution in [0.5, 0.6) is 0 Å². The largest absolute Gasteiger partial charge is 0.444 e. The van der Waals surface area contributed by atoms with Crippen molar-refractivity contribution in [2.24, 2.45) is 17.4 Å². The molecule has 0 aromatic carbocycles. The molecule has 2 unspecified atom stereocenters. The molecule has 122 valence electrons. The minimum absolute atomic E-state index is 0.109. The summed E-state index contributed by atoms with van der Waals surface area (Å²) in [5.74, 6) is -0.347. The van der Waals surface area contributed by atoms with Crippen LogP contribution in [-0.2, 0) is 14.3 Å². The van der Waals surface area contributed by atoms with Gasteiger partial charge in [0.25, 0.3) is 0 Å². The molecule has 0 bridgehead atoms. The molecule has 4 N–H and O–H groups in total. The standard InChI is InChI=1S/C14H27N3O4/c1-14(2,3)21-13(19)17-6-4-5-10(7-17)8-20-9-11(15)12(16)18/h10-11H,4-9,15H2,1-3H3,(H2,16,18). The van der Waals surface area contributed by atoms with E-state index in [2.05, 4.69) is 0 Å². The number of hydrogen-bond donors (Lipinski definition) is 2. The van der Waals surface area contributed by atoms with E-state index in [1.165, 1.54) is 0 Å². The van der Waals surface area contributed by atoms with E-state index < -0.39 is 17.6 Å². The van der Waals surface area contributed by atoms with Crippen molar-refractivity contribution in [1.82, 2.24) is 4.90 Å². The second-order valence-corrected chi connectivity index (χ2v) is 6.48. The minimum Gasteiger partial charge on any atom is -0.444 e. The molecule has 0 aromatic heterocycles. The molecule has 1 rings (SSSR count). The number of carbonyl (C=O) groups is 2. The second kappa shape index (κ2) is 7.61. The highest BCUT2D eigenvalue weighted by atomic mass is 16.6. The van der Waals surface area contributed by atoms with Crippen molar-refractivity contribution in [3.05, 3.63) is 0 Å². The molecular formula is C14H27N3O4. The van der Waals surface area contributed by atoms with Crippen LogP contribution in [0.2, 0.25) is 0 Å². The molecular weight excluding hydrogens is 274 g/mol. The van der Waals surface area contributed by atoms with Gasteiger partial charge in [-0.05, 0) is 33.6 Å². The lowest BCUT2D eigenvalue weighted by atomic mass is 9.99. The summed E-state index contributed by atoms with van der Waals surface area (Å²) in [6, 6.07) is -0.782. The van der Waals surface area contributed by atoms with Crippen LogP contribution >= 0.6 is 0 Å². The third-order valence-electron chi connectivity index (χ3n) is 3.19. The maximum Gasteiger partial charge on any atom is 0.410 e. The average Bonchev–Trinajstić information content (AvgIpc) is 2.36. The van der Waals surface area contributed by atoms with Gasteiger partial charge >= 0.3 is 6.09 Å². The highest BCUT2D eigenvalue weighted by Crippen LogP contribution is 2.19. The normalized spacial score (nSPS) is 21.0. The smallest absolute Gasteiger partial charge is 0.410 e. The number of amides is 2. The van der Waals surface area contributed by atoms with Gasteiger partial charge in [-0.1, -0.05) is 0 Å². The Hall–Kier alpha value is -1.34. The van der Waals surface area contributed by atoms with Crippen molar-refractivity contribution in [2.45, 2.75) is 45.3 Å². The van der Waals surface area contributed by atoms with Gasteiger partial charge in [0.15, 0.2) is 0 Å². The molecule has 1 fully saturated rings. The predicted molar refractivity (Wildman–Crippen MR) is 78.5 cm³/mol. The molecule has 0 spiro atoms. The van der Waals surface area contributed by atoms with Crippen LogP contribution in [0, 0.1) is 5.92 Å². The number of nitrogens with two attached hydrogens (primary N) is 2. The molecule has 1 heterocycles. The fourth-order valence-corrected chi connectivity index (χ4v) is 2.14. The van der Waals surface area contributed by atoms with Crippen molar-refractivity contribution in [3.63, 3.8) is 0 Å². The van der Waals surface area contributed by atoms with Crippen LogP contribution in [0.25, 0.3) is 0 Å². The van der Waals surface area contributed by atoms with Gasteiger partial charge in [0, 0.05) is 19.0 Å². The molecule has 2 atom stereocenters. The highest BCUT2D eigenvalue weighted by Gasteiger charge is 2.27. The van der Waals surface area contributed by atoms with E-state index in [1.54, 1.807) is 4.90 Å². The Morgan fingerprint density at radius 2 is 2.05 bits per heavy atom. The van der Waals surface area contributed by atoms with E-state index in [9.17, 15) is 9.59 Å². The van der Waals surface area contributed by atoms with E-state index >= 15 is 0 Å². The SMILES string of the molecule is CC(C)(C)OC(=O)N1CCCC(COCC(N)C(N)=O)C1. The quantitative estimate of drug-likeness (QED) is 0.767. The zero-order valence-electron chi connectivity index (χ0n) is 13.1. The summed E-state index contributed by atoms with van der Waals surface area (Å²) in [6.07, 6.45) is 1.60. The van der Waals surface area contributed by atoms with Crippen LogP contribution in [-0.4, -0.2) is 54.8 Å². The Labute approximate surface area is 125 Å². The van der Waals surface area contributed by atoms with Crippen LogP contribution in [0.15, 0.2) is 0 Å². The molecule has 7 heteroatoms. The van der Waals surface area contributed by atoms with Crippen LogP contribution in [0.4, 0.5) is 4.79 Å². The second-order valence-electron chi connectivity index (χ2n) is 6.48.